The van der Waals surface area contributed by atoms with E-state index in [-0.39, 0.29) is 17.6 Å². The largest absolute Gasteiger partial charge is 0.497 e. The van der Waals surface area contributed by atoms with Crippen molar-refractivity contribution < 1.29 is 19.1 Å². The molecule has 0 aliphatic heterocycles. The second-order valence-electron chi connectivity index (χ2n) is 4.24. The topological polar surface area (TPSA) is 135 Å². The van der Waals surface area contributed by atoms with Crippen molar-refractivity contribution in [1.82, 2.24) is 9.97 Å². The van der Waals surface area contributed by atoms with Crippen LogP contribution in [0.1, 0.15) is 0 Å². The molecule has 0 unspecified atom stereocenters. The molecule has 0 aliphatic rings. The van der Waals surface area contributed by atoms with Crippen LogP contribution in [0, 0.1) is 10.1 Å². The molecule has 0 saturated carbocycles. The van der Waals surface area contributed by atoms with E-state index in [9.17, 15) is 10.1 Å². The molecule has 10 heteroatoms. The monoisotopic (exact) mass is 321 g/mol. The molecule has 0 radical (unpaired) electrons. The summed E-state index contributed by atoms with van der Waals surface area (Å²) in [5, 5.41) is 13.8. The van der Waals surface area contributed by atoms with Crippen molar-refractivity contribution in [2.24, 2.45) is 0 Å². The second kappa shape index (κ2) is 6.64. The lowest BCUT2D eigenvalue weighted by molar-refractivity contribution is -0.385. The Hall–Kier alpha value is -3.30. The molecule has 122 valence electrons. The zero-order chi connectivity index (χ0) is 17.0. The SMILES string of the molecule is COc1ccc(OC)c(Nc2nc(N)c([N+](=O)[O-])c(OC)n2)c1. The highest BCUT2D eigenvalue weighted by Crippen LogP contribution is 2.34. The van der Waals surface area contributed by atoms with Crippen molar-refractivity contribution in [3.05, 3.63) is 28.3 Å². The van der Waals surface area contributed by atoms with Gasteiger partial charge in [-0.25, -0.2) is 0 Å². The molecule has 0 fully saturated rings. The van der Waals surface area contributed by atoms with Crippen molar-refractivity contribution >= 4 is 23.1 Å². The van der Waals surface area contributed by atoms with Crippen molar-refractivity contribution in [3.8, 4) is 17.4 Å². The van der Waals surface area contributed by atoms with E-state index in [1.807, 2.05) is 0 Å². The fourth-order valence-electron chi connectivity index (χ4n) is 1.85. The van der Waals surface area contributed by atoms with Crippen LogP contribution in [0.5, 0.6) is 17.4 Å². The first kappa shape index (κ1) is 16.1. The van der Waals surface area contributed by atoms with E-state index in [0.29, 0.717) is 17.2 Å². The van der Waals surface area contributed by atoms with Gasteiger partial charge in [0.1, 0.15) is 11.5 Å². The van der Waals surface area contributed by atoms with Gasteiger partial charge in [0.15, 0.2) is 0 Å². The number of nitro groups is 1. The Morgan fingerprint density at radius 2 is 1.91 bits per heavy atom. The summed E-state index contributed by atoms with van der Waals surface area (Å²) in [7, 11) is 4.28. The number of hydrogen-bond donors (Lipinski definition) is 2. The number of ether oxygens (including phenoxy) is 3. The summed E-state index contributed by atoms with van der Waals surface area (Å²) in [6, 6.07) is 5.06. The van der Waals surface area contributed by atoms with Gasteiger partial charge in [-0.05, 0) is 12.1 Å². The fourth-order valence-corrected chi connectivity index (χ4v) is 1.85. The van der Waals surface area contributed by atoms with Gasteiger partial charge in [0.2, 0.25) is 11.8 Å². The molecular weight excluding hydrogens is 306 g/mol. The summed E-state index contributed by atoms with van der Waals surface area (Å²) in [6.45, 7) is 0. The predicted molar refractivity (Wildman–Crippen MR) is 82.5 cm³/mol. The van der Waals surface area contributed by atoms with Gasteiger partial charge in [-0.2, -0.15) is 9.97 Å². The average molecular weight is 321 g/mol. The number of nitrogen functional groups attached to an aromatic ring is 1. The van der Waals surface area contributed by atoms with Gasteiger partial charge in [0.25, 0.3) is 0 Å². The number of aromatic nitrogens is 2. The van der Waals surface area contributed by atoms with Crippen molar-refractivity contribution in [3.63, 3.8) is 0 Å². The number of hydrogen-bond acceptors (Lipinski definition) is 9. The molecule has 23 heavy (non-hydrogen) atoms. The lowest BCUT2D eigenvalue weighted by Crippen LogP contribution is -2.07. The van der Waals surface area contributed by atoms with E-state index in [1.54, 1.807) is 18.2 Å². The Labute approximate surface area is 131 Å². The van der Waals surface area contributed by atoms with E-state index in [2.05, 4.69) is 15.3 Å². The second-order valence-corrected chi connectivity index (χ2v) is 4.24. The van der Waals surface area contributed by atoms with Crippen LogP contribution < -0.4 is 25.3 Å². The molecule has 2 rings (SSSR count). The molecule has 0 saturated heterocycles. The first-order valence-corrected chi connectivity index (χ1v) is 6.35. The van der Waals surface area contributed by atoms with Crippen molar-refractivity contribution in [2.75, 3.05) is 32.4 Å². The standard InChI is InChI=1S/C13H15N5O5/c1-21-7-4-5-9(22-2)8(6-7)15-13-16-11(14)10(18(19)20)12(17-13)23-3/h4-6H,1-3H3,(H3,14,15,16,17). The zero-order valence-electron chi connectivity index (χ0n) is 12.7. The molecule has 0 atom stereocenters. The van der Waals surface area contributed by atoms with Crippen LogP contribution in [0.2, 0.25) is 0 Å². The minimum atomic E-state index is -0.704. The third-order valence-electron chi connectivity index (χ3n) is 2.91. The highest BCUT2D eigenvalue weighted by atomic mass is 16.6. The lowest BCUT2D eigenvalue weighted by Gasteiger charge is -2.12. The molecule has 0 amide bonds. The maximum absolute atomic E-state index is 11.0. The first-order valence-electron chi connectivity index (χ1n) is 6.35. The summed E-state index contributed by atoms with van der Waals surface area (Å²) < 4.78 is 15.3. The van der Waals surface area contributed by atoms with Crippen LogP contribution in [-0.4, -0.2) is 36.2 Å². The molecule has 1 aromatic heterocycles. The van der Waals surface area contributed by atoms with E-state index < -0.39 is 10.6 Å². The highest BCUT2D eigenvalue weighted by Gasteiger charge is 2.24. The minimum absolute atomic E-state index is 0.0245. The quantitative estimate of drug-likeness (QED) is 0.602. The molecule has 0 bridgehead atoms. The van der Waals surface area contributed by atoms with Crippen LogP contribution in [0.25, 0.3) is 0 Å². The van der Waals surface area contributed by atoms with Crippen LogP contribution in [0.3, 0.4) is 0 Å². The van der Waals surface area contributed by atoms with E-state index in [1.165, 1.54) is 21.3 Å². The van der Waals surface area contributed by atoms with Gasteiger partial charge in [-0.3, -0.25) is 10.1 Å². The fraction of sp³-hybridized carbons (Fsp3) is 0.231. The third kappa shape index (κ3) is 3.31. The van der Waals surface area contributed by atoms with Crippen LogP contribution >= 0.6 is 0 Å². The normalized spacial score (nSPS) is 10.0. The third-order valence-corrected chi connectivity index (χ3v) is 2.91. The molecule has 0 aliphatic carbocycles. The number of nitrogens with zero attached hydrogens (tertiary/aromatic N) is 3. The summed E-state index contributed by atoms with van der Waals surface area (Å²) >= 11 is 0. The number of benzene rings is 1. The summed E-state index contributed by atoms with van der Waals surface area (Å²) in [5.74, 6) is 0.551. The number of methoxy groups -OCH3 is 3. The minimum Gasteiger partial charge on any atom is -0.497 e. The van der Waals surface area contributed by atoms with E-state index >= 15 is 0 Å². The molecular formula is C13H15N5O5. The number of rotatable bonds is 6. The Kier molecular flexibility index (Phi) is 4.64. The van der Waals surface area contributed by atoms with Gasteiger partial charge in [0, 0.05) is 6.07 Å². The summed E-state index contributed by atoms with van der Waals surface area (Å²) in [5.41, 5.74) is 5.62. The van der Waals surface area contributed by atoms with Crippen LogP contribution in [0.4, 0.5) is 23.1 Å². The van der Waals surface area contributed by atoms with Crippen molar-refractivity contribution in [2.45, 2.75) is 0 Å². The summed E-state index contributed by atoms with van der Waals surface area (Å²) in [6.07, 6.45) is 0. The molecule has 10 nitrogen and oxygen atoms in total. The van der Waals surface area contributed by atoms with Gasteiger partial charge in [-0.1, -0.05) is 0 Å². The van der Waals surface area contributed by atoms with Crippen LogP contribution in [-0.2, 0) is 0 Å². The highest BCUT2D eigenvalue weighted by molar-refractivity contribution is 5.68. The Morgan fingerprint density at radius 3 is 2.48 bits per heavy atom. The molecule has 2 aromatic rings. The Balaban J connectivity index is 2.45. The lowest BCUT2D eigenvalue weighted by atomic mass is 10.2. The van der Waals surface area contributed by atoms with E-state index in [0.717, 1.165) is 0 Å². The molecule has 0 spiro atoms. The van der Waals surface area contributed by atoms with Gasteiger partial charge >= 0.3 is 11.6 Å². The zero-order valence-corrected chi connectivity index (χ0v) is 12.7. The maximum Gasteiger partial charge on any atom is 0.372 e. The van der Waals surface area contributed by atoms with Gasteiger partial charge in [-0.15, -0.1) is 0 Å². The molecule has 3 N–H and O–H groups in total. The number of anilines is 3. The molecule has 1 aromatic carbocycles. The number of nitrogens with one attached hydrogen (secondary N) is 1. The van der Waals surface area contributed by atoms with Crippen LogP contribution in [0.15, 0.2) is 18.2 Å². The maximum atomic E-state index is 11.0. The summed E-state index contributed by atoms with van der Waals surface area (Å²) in [4.78, 5) is 18.1. The predicted octanol–water partition coefficient (Wildman–Crippen LogP) is 1.74. The van der Waals surface area contributed by atoms with Gasteiger partial charge in [0.05, 0.1) is 31.9 Å². The Morgan fingerprint density at radius 1 is 1.17 bits per heavy atom. The molecule has 1 heterocycles. The average Bonchev–Trinajstić information content (AvgIpc) is 2.53. The van der Waals surface area contributed by atoms with Crippen molar-refractivity contribution in [1.29, 1.82) is 0 Å². The van der Waals surface area contributed by atoms with E-state index in [4.69, 9.17) is 19.9 Å². The number of nitrogens with two attached hydrogens (primary N) is 1. The smallest absolute Gasteiger partial charge is 0.372 e. The van der Waals surface area contributed by atoms with Gasteiger partial charge < -0.3 is 25.3 Å². The Bertz CT molecular complexity index is 737. The first-order chi connectivity index (χ1) is 11.0.